The van der Waals surface area contributed by atoms with E-state index in [4.69, 9.17) is 14.3 Å². The number of carbonyl (C=O) groups is 1. The molecule has 3 aromatic carbocycles. The molecular weight excluding hydrogens is 378 g/mol. The maximum atomic E-state index is 12.9. The van der Waals surface area contributed by atoms with Gasteiger partial charge in [0.2, 0.25) is 0 Å². The van der Waals surface area contributed by atoms with Crippen LogP contribution < -0.4 is 5.06 Å². The van der Waals surface area contributed by atoms with Crippen LogP contribution in [0.1, 0.15) is 17.2 Å². The fourth-order valence-electron chi connectivity index (χ4n) is 4.23. The zero-order chi connectivity index (χ0) is 20.3. The second kappa shape index (κ2) is 8.30. The molecule has 2 aliphatic rings. The number of rotatable bonds is 6. The smallest absolute Gasteiger partial charge is 0.314 e. The lowest BCUT2D eigenvalue weighted by Gasteiger charge is -2.27. The van der Waals surface area contributed by atoms with E-state index in [0.717, 1.165) is 16.8 Å². The number of carbonyl (C=O) groups excluding carboxylic acids is 1. The number of ether oxygens (including phenoxy) is 2. The molecule has 0 radical (unpaired) electrons. The van der Waals surface area contributed by atoms with Crippen molar-refractivity contribution in [2.75, 3.05) is 11.7 Å². The standard InChI is InChI=1S/C25H23NO4/c27-25-22-23(19-12-6-2-7-13-19)26(20-14-8-3-9-15-20)30-24(22)21(29-25)17-28-16-18-10-4-1-5-11-18/h1-15,21-24H,16-17H2/t21-,22-,23+,24-/m1/s1. The van der Waals surface area contributed by atoms with Gasteiger partial charge in [0.1, 0.15) is 12.0 Å². The Balaban J connectivity index is 1.38. The molecule has 2 saturated heterocycles. The minimum absolute atomic E-state index is 0.236. The Morgan fingerprint density at radius 2 is 1.47 bits per heavy atom. The summed E-state index contributed by atoms with van der Waals surface area (Å²) in [5, 5.41) is 1.86. The average Bonchev–Trinajstić information content (AvgIpc) is 3.34. The zero-order valence-electron chi connectivity index (χ0n) is 16.5. The van der Waals surface area contributed by atoms with Crippen LogP contribution in [-0.2, 0) is 25.7 Å². The molecule has 0 amide bonds. The molecule has 2 heterocycles. The van der Waals surface area contributed by atoms with Crippen molar-refractivity contribution in [3.63, 3.8) is 0 Å². The lowest BCUT2D eigenvalue weighted by Crippen LogP contribution is -2.31. The van der Waals surface area contributed by atoms with Gasteiger partial charge in [0, 0.05) is 0 Å². The summed E-state index contributed by atoms with van der Waals surface area (Å²) in [5.41, 5.74) is 3.02. The number of anilines is 1. The maximum absolute atomic E-state index is 12.9. The number of nitrogens with zero attached hydrogens (tertiary/aromatic N) is 1. The van der Waals surface area contributed by atoms with Crippen molar-refractivity contribution in [1.29, 1.82) is 0 Å². The van der Waals surface area contributed by atoms with Crippen LogP contribution in [0.5, 0.6) is 0 Å². The number of hydrogen-bond acceptors (Lipinski definition) is 5. The molecule has 0 aromatic heterocycles. The van der Waals surface area contributed by atoms with E-state index in [9.17, 15) is 4.79 Å². The van der Waals surface area contributed by atoms with Crippen LogP contribution in [-0.4, -0.2) is 24.8 Å². The highest BCUT2D eigenvalue weighted by atomic mass is 16.7. The van der Waals surface area contributed by atoms with Gasteiger partial charge in [-0.2, -0.15) is 0 Å². The first kappa shape index (κ1) is 18.9. The van der Waals surface area contributed by atoms with E-state index in [1.165, 1.54) is 0 Å². The van der Waals surface area contributed by atoms with Gasteiger partial charge in [-0.15, -0.1) is 0 Å². The SMILES string of the molecule is O=C1O[C@H](COCc2ccccc2)[C@H]2ON(c3ccccc3)[C@@H](c3ccccc3)[C@@H]12. The van der Waals surface area contributed by atoms with Gasteiger partial charge in [-0.25, -0.2) is 5.06 Å². The minimum atomic E-state index is -0.439. The number of cyclic esters (lactones) is 1. The predicted octanol–water partition coefficient (Wildman–Crippen LogP) is 4.31. The average molecular weight is 401 g/mol. The van der Waals surface area contributed by atoms with E-state index in [2.05, 4.69) is 0 Å². The first-order valence-corrected chi connectivity index (χ1v) is 10.2. The van der Waals surface area contributed by atoms with E-state index in [1.807, 2.05) is 96.1 Å². The molecule has 30 heavy (non-hydrogen) atoms. The highest BCUT2D eigenvalue weighted by Crippen LogP contribution is 2.47. The predicted molar refractivity (Wildman–Crippen MR) is 112 cm³/mol. The number of hydrogen-bond donors (Lipinski definition) is 0. The molecule has 5 rings (SSSR count). The Morgan fingerprint density at radius 3 is 2.17 bits per heavy atom. The molecule has 5 nitrogen and oxygen atoms in total. The Morgan fingerprint density at radius 1 is 0.833 bits per heavy atom. The molecule has 0 spiro atoms. The fourth-order valence-corrected chi connectivity index (χ4v) is 4.23. The van der Waals surface area contributed by atoms with Gasteiger partial charge in [-0.3, -0.25) is 9.63 Å². The first-order chi connectivity index (χ1) is 14.8. The van der Waals surface area contributed by atoms with Gasteiger partial charge >= 0.3 is 5.97 Å². The molecule has 2 aliphatic heterocycles. The molecule has 0 bridgehead atoms. The zero-order valence-corrected chi connectivity index (χ0v) is 16.5. The van der Waals surface area contributed by atoms with E-state index in [-0.39, 0.29) is 12.0 Å². The first-order valence-electron chi connectivity index (χ1n) is 10.2. The molecule has 3 aromatic rings. The Kier molecular flexibility index (Phi) is 5.22. The van der Waals surface area contributed by atoms with Crippen molar-refractivity contribution in [3.8, 4) is 0 Å². The Bertz CT molecular complexity index is 980. The minimum Gasteiger partial charge on any atom is -0.457 e. The number of para-hydroxylation sites is 1. The van der Waals surface area contributed by atoms with Gasteiger partial charge < -0.3 is 9.47 Å². The van der Waals surface area contributed by atoms with Gasteiger partial charge in [0.05, 0.1) is 24.9 Å². The summed E-state index contributed by atoms with van der Waals surface area (Å²) in [4.78, 5) is 19.2. The van der Waals surface area contributed by atoms with Crippen LogP contribution in [0.3, 0.4) is 0 Å². The summed E-state index contributed by atoms with van der Waals surface area (Å²) in [7, 11) is 0. The highest BCUT2D eigenvalue weighted by Gasteiger charge is 2.58. The largest absolute Gasteiger partial charge is 0.457 e. The van der Waals surface area contributed by atoms with Gasteiger partial charge in [0.15, 0.2) is 6.10 Å². The quantitative estimate of drug-likeness (QED) is 0.576. The lowest BCUT2D eigenvalue weighted by molar-refractivity contribution is -0.148. The number of benzene rings is 3. The van der Waals surface area contributed by atoms with Crippen LogP contribution in [0, 0.1) is 5.92 Å². The molecular formula is C25H23NO4. The van der Waals surface area contributed by atoms with Crippen molar-refractivity contribution in [1.82, 2.24) is 0 Å². The van der Waals surface area contributed by atoms with Crippen molar-refractivity contribution in [2.24, 2.45) is 5.92 Å². The van der Waals surface area contributed by atoms with Gasteiger partial charge in [-0.1, -0.05) is 78.9 Å². The fraction of sp³-hybridized carbons (Fsp3) is 0.240. The van der Waals surface area contributed by atoms with E-state index < -0.39 is 18.1 Å². The van der Waals surface area contributed by atoms with E-state index >= 15 is 0 Å². The second-order valence-corrected chi connectivity index (χ2v) is 7.59. The van der Waals surface area contributed by atoms with Crippen LogP contribution in [0.15, 0.2) is 91.0 Å². The lowest BCUT2D eigenvalue weighted by atomic mass is 9.89. The summed E-state index contributed by atoms with van der Waals surface area (Å²) >= 11 is 0. The van der Waals surface area contributed by atoms with Crippen LogP contribution in [0.4, 0.5) is 5.69 Å². The topological polar surface area (TPSA) is 48.0 Å². The third-order valence-corrected chi connectivity index (χ3v) is 5.63. The molecule has 0 aliphatic carbocycles. The molecule has 0 N–H and O–H groups in total. The summed E-state index contributed by atoms with van der Waals surface area (Å²) in [6, 6.07) is 29.6. The third-order valence-electron chi connectivity index (χ3n) is 5.63. The number of esters is 1. The molecule has 2 fully saturated rings. The van der Waals surface area contributed by atoms with Crippen LogP contribution >= 0.6 is 0 Å². The molecule has 5 heteroatoms. The molecule has 4 atom stereocenters. The normalized spacial score (nSPS) is 25.2. The van der Waals surface area contributed by atoms with Crippen LogP contribution in [0.2, 0.25) is 0 Å². The van der Waals surface area contributed by atoms with Gasteiger partial charge in [0.25, 0.3) is 0 Å². The van der Waals surface area contributed by atoms with Gasteiger partial charge in [-0.05, 0) is 23.3 Å². The van der Waals surface area contributed by atoms with E-state index in [0.29, 0.717) is 13.2 Å². The summed E-state index contributed by atoms with van der Waals surface area (Å²) in [6.07, 6.45) is -0.829. The second-order valence-electron chi connectivity index (χ2n) is 7.59. The maximum Gasteiger partial charge on any atom is 0.314 e. The summed E-state index contributed by atoms with van der Waals surface area (Å²) < 4.78 is 11.6. The third kappa shape index (κ3) is 3.58. The summed E-state index contributed by atoms with van der Waals surface area (Å²) in [6.45, 7) is 0.767. The number of hydroxylamine groups is 1. The Labute approximate surface area is 175 Å². The molecule has 0 unspecified atom stereocenters. The van der Waals surface area contributed by atoms with Crippen molar-refractivity contribution in [2.45, 2.75) is 24.9 Å². The molecule has 0 saturated carbocycles. The van der Waals surface area contributed by atoms with E-state index in [1.54, 1.807) is 0 Å². The van der Waals surface area contributed by atoms with Crippen molar-refractivity contribution < 1.29 is 19.1 Å². The summed E-state index contributed by atoms with van der Waals surface area (Å²) in [5.74, 6) is -0.640. The Hall–Kier alpha value is -3.15. The highest BCUT2D eigenvalue weighted by molar-refractivity contribution is 5.78. The van der Waals surface area contributed by atoms with Crippen LogP contribution in [0.25, 0.3) is 0 Å². The monoisotopic (exact) mass is 401 g/mol. The van der Waals surface area contributed by atoms with Crippen molar-refractivity contribution in [3.05, 3.63) is 102 Å². The van der Waals surface area contributed by atoms with Crippen molar-refractivity contribution >= 4 is 11.7 Å². The number of fused-ring (bicyclic) bond motifs is 1. The molecule has 152 valence electrons.